The van der Waals surface area contributed by atoms with Crippen molar-refractivity contribution in [1.29, 1.82) is 0 Å². The number of imidazole rings is 1. The number of benzene rings is 1. The fourth-order valence-corrected chi connectivity index (χ4v) is 2.29. The van der Waals surface area contributed by atoms with Crippen molar-refractivity contribution in [3.8, 4) is 16.9 Å². The highest BCUT2D eigenvalue weighted by molar-refractivity contribution is 9.10. The summed E-state index contributed by atoms with van der Waals surface area (Å²) >= 11 is 3.53. The highest BCUT2D eigenvalue weighted by Crippen LogP contribution is 2.28. The van der Waals surface area contributed by atoms with Crippen LogP contribution >= 0.6 is 15.9 Å². The molecule has 0 saturated carbocycles. The van der Waals surface area contributed by atoms with Gasteiger partial charge in [0.2, 0.25) is 5.88 Å². The largest absolute Gasteiger partial charge is 0.368 e. The molecule has 1 aromatic carbocycles. The molecule has 3 aromatic rings. The van der Waals surface area contributed by atoms with Crippen molar-refractivity contribution in [3.05, 3.63) is 47.5 Å². The third kappa shape index (κ3) is 1.91. The monoisotopic (exact) mass is 304 g/mol. The minimum absolute atomic E-state index is 0.305. The summed E-state index contributed by atoms with van der Waals surface area (Å²) in [4.78, 5) is 4.02. The SMILES string of the molecule is Nc1cc(-c2ccc(-n3ccnc3)c(Br)c2)no1. The van der Waals surface area contributed by atoms with Gasteiger partial charge in [0.25, 0.3) is 0 Å². The van der Waals surface area contributed by atoms with Crippen LogP contribution < -0.4 is 5.73 Å². The lowest BCUT2D eigenvalue weighted by Crippen LogP contribution is -1.91. The van der Waals surface area contributed by atoms with Gasteiger partial charge < -0.3 is 14.8 Å². The fraction of sp³-hybridized carbons (Fsp3) is 0. The first kappa shape index (κ1) is 11.0. The Morgan fingerprint density at radius 2 is 2.17 bits per heavy atom. The predicted molar refractivity (Wildman–Crippen MR) is 71.2 cm³/mol. The van der Waals surface area contributed by atoms with E-state index >= 15 is 0 Å². The summed E-state index contributed by atoms with van der Waals surface area (Å²) in [6, 6.07) is 7.59. The van der Waals surface area contributed by atoms with Crippen LogP contribution in [-0.4, -0.2) is 14.7 Å². The molecule has 0 spiro atoms. The fourth-order valence-electron chi connectivity index (χ4n) is 1.70. The van der Waals surface area contributed by atoms with Crippen LogP contribution in [0.15, 0.2) is 52.0 Å². The van der Waals surface area contributed by atoms with E-state index in [0.717, 1.165) is 15.7 Å². The van der Waals surface area contributed by atoms with Crippen molar-refractivity contribution in [2.75, 3.05) is 5.73 Å². The Balaban J connectivity index is 2.04. The number of anilines is 1. The van der Waals surface area contributed by atoms with Crippen LogP contribution in [-0.2, 0) is 0 Å². The van der Waals surface area contributed by atoms with E-state index < -0.39 is 0 Å². The molecule has 0 radical (unpaired) electrons. The van der Waals surface area contributed by atoms with Crippen LogP contribution in [0.5, 0.6) is 0 Å². The molecule has 6 heteroatoms. The molecule has 0 fully saturated rings. The summed E-state index contributed by atoms with van der Waals surface area (Å²) < 4.78 is 7.72. The number of rotatable bonds is 2. The van der Waals surface area contributed by atoms with Crippen LogP contribution in [0.25, 0.3) is 16.9 Å². The third-order valence-electron chi connectivity index (χ3n) is 2.55. The Bertz CT molecular complexity index is 675. The van der Waals surface area contributed by atoms with Crippen molar-refractivity contribution in [3.63, 3.8) is 0 Å². The summed E-state index contributed by atoms with van der Waals surface area (Å²) in [5.74, 6) is 0.305. The summed E-state index contributed by atoms with van der Waals surface area (Å²) in [6.45, 7) is 0. The topological polar surface area (TPSA) is 69.9 Å². The van der Waals surface area contributed by atoms with E-state index in [2.05, 4.69) is 26.1 Å². The molecule has 0 unspecified atom stereocenters. The minimum atomic E-state index is 0.305. The molecule has 0 amide bonds. The lowest BCUT2D eigenvalue weighted by Gasteiger charge is -2.06. The van der Waals surface area contributed by atoms with E-state index in [1.807, 2.05) is 29.0 Å². The van der Waals surface area contributed by atoms with E-state index in [-0.39, 0.29) is 0 Å². The lowest BCUT2D eigenvalue weighted by molar-refractivity contribution is 0.439. The maximum atomic E-state index is 5.51. The van der Waals surface area contributed by atoms with Gasteiger partial charge in [0.15, 0.2) is 0 Å². The van der Waals surface area contributed by atoms with Crippen molar-refractivity contribution in [2.45, 2.75) is 0 Å². The van der Waals surface area contributed by atoms with E-state index in [9.17, 15) is 0 Å². The number of nitrogens with zero attached hydrogens (tertiary/aromatic N) is 3. The molecular weight excluding hydrogens is 296 g/mol. The van der Waals surface area contributed by atoms with Crippen LogP contribution in [0.2, 0.25) is 0 Å². The van der Waals surface area contributed by atoms with Gasteiger partial charge in [-0.05, 0) is 28.1 Å². The zero-order chi connectivity index (χ0) is 12.5. The molecule has 2 heterocycles. The summed E-state index contributed by atoms with van der Waals surface area (Å²) in [7, 11) is 0. The standard InChI is InChI=1S/C12H9BrN4O/c13-9-5-8(10-6-12(14)18-16-10)1-2-11(9)17-4-3-15-7-17/h1-7H,14H2. The van der Waals surface area contributed by atoms with Crippen LogP contribution in [0, 0.1) is 0 Å². The zero-order valence-corrected chi connectivity index (χ0v) is 10.8. The van der Waals surface area contributed by atoms with E-state index in [1.54, 1.807) is 18.6 Å². The first-order valence-electron chi connectivity index (χ1n) is 5.24. The Morgan fingerprint density at radius 1 is 1.28 bits per heavy atom. The second-order valence-corrected chi connectivity index (χ2v) is 4.61. The second-order valence-electron chi connectivity index (χ2n) is 3.75. The number of nitrogen functional groups attached to an aromatic ring is 1. The molecular formula is C12H9BrN4O. The molecule has 18 heavy (non-hydrogen) atoms. The molecule has 0 aliphatic heterocycles. The molecule has 2 aromatic heterocycles. The molecule has 0 saturated heterocycles. The number of hydrogen-bond donors (Lipinski definition) is 1. The first-order valence-corrected chi connectivity index (χ1v) is 6.04. The molecule has 90 valence electrons. The molecule has 5 nitrogen and oxygen atoms in total. The molecule has 3 rings (SSSR count). The Morgan fingerprint density at radius 3 is 2.78 bits per heavy atom. The van der Waals surface area contributed by atoms with Crippen molar-refractivity contribution < 1.29 is 4.52 Å². The van der Waals surface area contributed by atoms with E-state index in [4.69, 9.17) is 10.3 Å². The smallest absolute Gasteiger partial charge is 0.222 e. The average Bonchev–Trinajstić information content (AvgIpc) is 2.99. The summed E-state index contributed by atoms with van der Waals surface area (Å²) in [5, 5.41) is 3.88. The Hall–Kier alpha value is -2.08. The van der Waals surface area contributed by atoms with E-state index in [1.165, 1.54) is 0 Å². The lowest BCUT2D eigenvalue weighted by atomic mass is 10.1. The molecule has 0 aliphatic carbocycles. The van der Waals surface area contributed by atoms with Crippen LogP contribution in [0.3, 0.4) is 0 Å². The maximum Gasteiger partial charge on any atom is 0.222 e. The van der Waals surface area contributed by atoms with Crippen LogP contribution in [0.4, 0.5) is 5.88 Å². The Labute approximate surface area is 111 Å². The number of nitrogens with two attached hydrogens (primary N) is 1. The quantitative estimate of drug-likeness (QED) is 0.790. The van der Waals surface area contributed by atoms with Gasteiger partial charge in [-0.15, -0.1) is 0 Å². The Kier molecular flexibility index (Phi) is 2.64. The first-order chi connectivity index (χ1) is 8.74. The third-order valence-corrected chi connectivity index (χ3v) is 3.19. The zero-order valence-electron chi connectivity index (χ0n) is 9.25. The van der Waals surface area contributed by atoms with Gasteiger partial charge in [-0.3, -0.25) is 0 Å². The maximum absolute atomic E-state index is 5.51. The number of hydrogen-bond acceptors (Lipinski definition) is 4. The van der Waals surface area contributed by atoms with Gasteiger partial charge in [-0.1, -0.05) is 11.2 Å². The van der Waals surface area contributed by atoms with E-state index in [0.29, 0.717) is 11.6 Å². The van der Waals surface area contributed by atoms with Crippen molar-refractivity contribution in [2.24, 2.45) is 0 Å². The average molecular weight is 305 g/mol. The summed E-state index contributed by atoms with van der Waals surface area (Å²) in [6.07, 6.45) is 5.36. The highest BCUT2D eigenvalue weighted by Gasteiger charge is 2.08. The number of halogens is 1. The normalized spacial score (nSPS) is 10.7. The number of aromatic nitrogens is 3. The second kappa shape index (κ2) is 4.30. The van der Waals surface area contributed by atoms with Gasteiger partial charge >= 0.3 is 0 Å². The van der Waals surface area contributed by atoms with Gasteiger partial charge in [0, 0.05) is 28.5 Å². The van der Waals surface area contributed by atoms with Gasteiger partial charge in [-0.2, -0.15) is 0 Å². The van der Waals surface area contributed by atoms with Crippen molar-refractivity contribution in [1.82, 2.24) is 14.7 Å². The van der Waals surface area contributed by atoms with Crippen LogP contribution in [0.1, 0.15) is 0 Å². The molecule has 0 atom stereocenters. The van der Waals surface area contributed by atoms with Gasteiger partial charge in [-0.25, -0.2) is 4.98 Å². The molecule has 2 N–H and O–H groups in total. The minimum Gasteiger partial charge on any atom is -0.368 e. The molecule has 0 aliphatic rings. The highest BCUT2D eigenvalue weighted by atomic mass is 79.9. The van der Waals surface area contributed by atoms with Crippen molar-refractivity contribution >= 4 is 21.8 Å². The molecule has 0 bridgehead atoms. The predicted octanol–water partition coefficient (Wildman–Crippen LogP) is 2.87. The summed E-state index contributed by atoms with van der Waals surface area (Å²) in [5.41, 5.74) is 8.16. The van der Waals surface area contributed by atoms with Gasteiger partial charge in [0.05, 0.1) is 12.0 Å². The van der Waals surface area contributed by atoms with Gasteiger partial charge in [0.1, 0.15) is 5.69 Å².